The molecule has 0 bridgehead atoms. The lowest BCUT2D eigenvalue weighted by atomic mass is 10.1. The molecular formula is C17H17NO5. The maximum absolute atomic E-state index is 12.0. The van der Waals surface area contributed by atoms with E-state index in [1.165, 1.54) is 12.1 Å². The van der Waals surface area contributed by atoms with Gasteiger partial charge < -0.3 is 20.6 Å². The van der Waals surface area contributed by atoms with Crippen molar-refractivity contribution in [3.8, 4) is 11.5 Å². The van der Waals surface area contributed by atoms with Crippen molar-refractivity contribution in [2.24, 2.45) is 0 Å². The molecule has 0 aliphatic rings. The van der Waals surface area contributed by atoms with Crippen LogP contribution < -0.4 is 5.32 Å². The number of carboxylic acid groups (broad SMARTS) is 1. The molecule has 0 radical (unpaired) electrons. The number of aromatic hydroxyl groups is 2. The number of carboxylic acids is 1. The van der Waals surface area contributed by atoms with Crippen LogP contribution in [0.3, 0.4) is 0 Å². The summed E-state index contributed by atoms with van der Waals surface area (Å²) >= 11 is 0. The lowest BCUT2D eigenvalue weighted by molar-refractivity contribution is -0.116. The summed E-state index contributed by atoms with van der Waals surface area (Å²) in [7, 11) is 0. The van der Waals surface area contributed by atoms with Gasteiger partial charge in [-0.05, 0) is 48.7 Å². The second-order valence-corrected chi connectivity index (χ2v) is 5.20. The van der Waals surface area contributed by atoms with E-state index in [9.17, 15) is 19.8 Å². The molecule has 2 aromatic rings. The Bertz CT molecular complexity index is 755. The fourth-order valence-corrected chi connectivity index (χ4v) is 2.10. The van der Waals surface area contributed by atoms with Crippen molar-refractivity contribution in [1.82, 2.24) is 0 Å². The molecule has 0 atom stereocenters. The highest BCUT2D eigenvalue weighted by molar-refractivity contribution is 6.00. The summed E-state index contributed by atoms with van der Waals surface area (Å²) in [5.41, 5.74) is 1.53. The molecule has 0 aromatic heterocycles. The van der Waals surface area contributed by atoms with E-state index in [-0.39, 0.29) is 35.1 Å². The average molecular weight is 315 g/mol. The van der Waals surface area contributed by atoms with Gasteiger partial charge in [-0.15, -0.1) is 0 Å². The molecule has 0 saturated carbocycles. The normalized spacial score (nSPS) is 10.3. The minimum absolute atomic E-state index is 0.132. The fourth-order valence-electron chi connectivity index (χ4n) is 2.10. The number of carbonyl (C=O) groups excluding carboxylic acids is 1. The fraction of sp³-hybridized carbons (Fsp3) is 0.176. The van der Waals surface area contributed by atoms with Gasteiger partial charge in [0.05, 0.1) is 11.3 Å². The van der Waals surface area contributed by atoms with E-state index in [4.69, 9.17) is 5.11 Å². The largest absolute Gasteiger partial charge is 0.508 e. The van der Waals surface area contributed by atoms with Gasteiger partial charge in [-0.2, -0.15) is 0 Å². The lowest BCUT2D eigenvalue weighted by Gasteiger charge is -2.09. The van der Waals surface area contributed by atoms with Crippen molar-refractivity contribution in [3.63, 3.8) is 0 Å². The highest BCUT2D eigenvalue weighted by Crippen LogP contribution is 2.22. The summed E-state index contributed by atoms with van der Waals surface area (Å²) in [6.07, 6.45) is 0.558. The minimum atomic E-state index is -1.24. The predicted octanol–water partition coefficient (Wildman–Crippen LogP) is 2.68. The molecule has 4 N–H and O–H groups in total. The van der Waals surface area contributed by atoms with Crippen LogP contribution in [-0.2, 0) is 11.2 Å². The van der Waals surface area contributed by atoms with Crippen LogP contribution >= 0.6 is 0 Å². The quantitative estimate of drug-likeness (QED) is 0.635. The highest BCUT2D eigenvalue weighted by atomic mass is 16.4. The standard InChI is InChI=1S/C17H17NO5/c1-10-2-3-11(8-15(10)20)4-7-16(21)18-14-6-5-12(19)9-13(14)17(22)23/h2-3,5-6,8-9,19-20H,4,7H2,1H3,(H,18,21)(H,22,23). The summed E-state index contributed by atoms with van der Waals surface area (Å²) in [6.45, 7) is 1.78. The minimum Gasteiger partial charge on any atom is -0.508 e. The highest BCUT2D eigenvalue weighted by Gasteiger charge is 2.13. The zero-order valence-electron chi connectivity index (χ0n) is 12.5. The Morgan fingerprint density at radius 1 is 1.09 bits per heavy atom. The first kappa shape index (κ1) is 16.4. The molecule has 23 heavy (non-hydrogen) atoms. The Morgan fingerprint density at radius 3 is 2.48 bits per heavy atom. The smallest absolute Gasteiger partial charge is 0.337 e. The zero-order chi connectivity index (χ0) is 17.0. The third-order valence-corrected chi connectivity index (χ3v) is 3.42. The third kappa shape index (κ3) is 4.23. The van der Waals surface area contributed by atoms with Crippen molar-refractivity contribution in [3.05, 3.63) is 53.1 Å². The van der Waals surface area contributed by atoms with E-state index in [0.29, 0.717) is 6.42 Å². The van der Waals surface area contributed by atoms with Crippen molar-refractivity contribution in [1.29, 1.82) is 0 Å². The van der Waals surface area contributed by atoms with Crippen LogP contribution in [0.2, 0.25) is 0 Å². The molecule has 6 heteroatoms. The zero-order valence-corrected chi connectivity index (χ0v) is 12.5. The maximum Gasteiger partial charge on any atom is 0.337 e. The second-order valence-electron chi connectivity index (χ2n) is 5.20. The molecule has 1 amide bonds. The van der Waals surface area contributed by atoms with Crippen LogP contribution in [0.1, 0.15) is 27.9 Å². The Morgan fingerprint density at radius 2 is 1.83 bits per heavy atom. The summed E-state index contributed by atoms with van der Waals surface area (Å²) in [5.74, 6) is -1.59. The molecule has 6 nitrogen and oxygen atoms in total. The third-order valence-electron chi connectivity index (χ3n) is 3.42. The second kappa shape index (κ2) is 6.83. The van der Waals surface area contributed by atoms with Crippen LogP contribution in [0.15, 0.2) is 36.4 Å². The number of nitrogens with one attached hydrogen (secondary N) is 1. The monoisotopic (exact) mass is 315 g/mol. The molecule has 2 aromatic carbocycles. The number of benzene rings is 2. The average Bonchev–Trinajstić information content (AvgIpc) is 2.50. The summed E-state index contributed by atoms with van der Waals surface area (Å²) in [5, 5.41) is 30.6. The molecular weight excluding hydrogens is 298 g/mol. The van der Waals surface area contributed by atoms with Crippen molar-refractivity contribution in [2.75, 3.05) is 5.32 Å². The van der Waals surface area contributed by atoms with Crippen molar-refractivity contribution >= 4 is 17.6 Å². The molecule has 0 saturated heterocycles. The molecule has 2 rings (SSSR count). The number of rotatable bonds is 5. The first-order valence-electron chi connectivity index (χ1n) is 7.01. The molecule has 120 valence electrons. The van der Waals surface area contributed by atoms with E-state index in [1.807, 2.05) is 6.07 Å². The van der Waals surface area contributed by atoms with Gasteiger partial charge in [-0.1, -0.05) is 12.1 Å². The number of hydrogen-bond acceptors (Lipinski definition) is 4. The number of amides is 1. The number of phenols is 2. The van der Waals surface area contributed by atoms with Gasteiger partial charge in [-0.25, -0.2) is 4.79 Å². The van der Waals surface area contributed by atoms with E-state index in [0.717, 1.165) is 17.2 Å². The number of carbonyl (C=O) groups is 2. The topological polar surface area (TPSA) is 107 Å². The number of hydrogen-bond donors (Lipinski definition) is 4. The van der Waals surface area contributed by atoms with Gasteiger partial charge in [0.15, 0.2) is 0 Å². The molecule has 0 aliphatic carbocycles. The van der Waals surface area contributed by atoms with Gasteiger partial charge in [0, 0.05) is 6.42 Å². The van der Waals surface area contributed by atoms with Crippen molar-refractivity contribution < 1.29 is 24.9 Å². The summed E-state index contributed by atoms with van der Waals surface area (Å²) in [4.78, 5) is 23.1. The Hall–Kier alpha value is -3.02. The maximum atomic E-state index is 12.0. The number of aryl methyl sites for hydroxylation is 2. The van der Waals surface area contributed by atoms with Gasteiger partial charge >= 0.3 is 5.97 Å². The molecule has 0 heterocycles. The summed E-state index contributed by atoms with van der Waals surface area (Å²) < 4.78 is 0. The van der Waals surface area contributed by atoms with E-state index < -0.39 is 5.97 Å². The van der Waals surface area contributed by atoms with Crippen LogP contribution in [0.4, 0.5) is 5.69 Å². The Balaban J connectivity index is 2.02. The molecule has 0 aliphatic heterocycles. The number of aromatic carboxylic acids is 1. The molecule has 0 unspecified atom stereocenters. The molecule has 0 spiro atoms. The first-order valence-corrected chi connectivity index (χ1v) is 7.01. The molecule has 0 fully saturated rings. The number of phenolic OH excluding ortho intramolecular Hbond substituents is 2. The van der Waals surface area contributed by atoms with Crippen LogP contribution in [0, 0.1) is 6.92 Å². The van der Waals surface area contributed by atoms with Crippen molar-refractivity contribution in [2.45, 2.75) is 19.8 Å². The SMILES string of the molecule is Cc1ccc(CCC(=O)Nc2ccc(O)cc2C(=O)O)cc1O. The van der Waals surface area contributed by atoms with E-state index in [1.54, 1.807) is 19.1 Å². The van der Waals surface area contributed by atoms with E-state index >= 15 is 0 Å². The summed E-state index contributed by atoms with van der Waals surface area (Å²) in [6, 6.07) is 8.92. The van der Waals surface area contributed by atoms with Crippen LogP contribution in [0.25, 0.3) is 0 Å². The van der Waals surface area contributed by atoms with Crippen LogP contribution in [0.5, 0.6) is 11.5 Å². The Labute approximate surface area is 133 Å². The Kier molecular flexibility index (Phi) is 4.85. The van der Waals surface area contributed by atoms with Gasteiger partial charge in [-0.3, -0.25) is 4.79 Å². The predicted molar refractivity (Wildman–Crippen MR) is 84.9 cm³/mol. The number of anilines is 1. The van der Waals surface area contributed by atoms with Gasteiger partial charge in [0.2, 0.25) is 5.91 Å². The van der Waals surface area contributed by atoms with Gasteiger partial charge in [0.25, 0.3) is 0 Å². The lowest BCUT2D eigenvalue weighted by Crippen LogP contribution is -2.15. The van der Waals surface area contributed by atoms with Gasteiger partial charge in [0.1, 0.15) is 11.5 Å². The van der Waals surface area contributed by atoms with Crippen LogP contribution in [-0.4, -0.2) is 27.2 Å². The van der Waals surface area contributed by atoms with E-state index in [2.05, 4.69) is 5.32 Å². The first-order chi connectivity index (χ1) is 10.9.